The Morgan fingerprint density at radius 2 is 1.86 bits per heavy atom. The van der Waals surface area contributed by atoms with Crippen molar-refractivity contribution in [1.82, 2.24) is 10.6 Å². The van der Waals surface area contributed by atoms with E-state index in [0.717, 1.165) is 0 Å². The van der Waals surface area contributed by atoms with Gasteiger partial charge in [0.1, 0.15) is 12.2 Å². The molecule has 0 unspecified atom stereocenters. The molecule has 10 heteroatoms. The van der Waals surface area contributed by atoms with Gasteiger partial charge in [-0.25, -0.2) is 0 Å². The summed E-state index contributed by atoms with van der Waals surface area (Å²) in [5.41, 5.74) is -0.155. The Labute approximate surface area is 163 Å². The van der Waals surface area contributed by atoms with Crippen molar-refractivity contribution >= 4 is 41.1 Å². The van der Waals surface area contributed by atoms with E-state index in [1.165, 1.54) is 42.5 Å². The van der Waals surface area contributed by atoms with Crippen molar-refractivity contribution in [2.24, 2.45) is 0 Å². The minimum atomic E-state index is -1.28. The summed E-state index contributed by atoms with van der Waals surface area (Å²) in [5, 5.41) is 24.3. The second kappa shape index (κ2) is 9.28. The van der Waals surface area contributed by atoms with Crippen molar-refractivity contribution in [3.8, 4) is 0 Å². The van der Waals surface area contributed by atoms with Crippen LogP contribution in [0.15, 0.2) is 54.2 Å². The van der Waals surface area contributed by atoms with Gasteiger partial charge in [-0.05, 0) is 23.8 Å². The zero-order valence-electron chi connectivity index (χ0n) is 14.2. The van der Waals surface area contributed by atoms with E-state index in [1.807, 2.05) is 0 Å². The molecule has 0 atom stereocenters. The molecule has 2 aromatic carbocycles. The second-order valence-electron chi connectivity index (χ2n) is 5.42. The number of carbonyl (C=O) groups is 3. The third-order valence-electron chi connectivity index (χ3n) is 3.40. The van der Waals surface area contributed by atoms with Crippen LogP contribution in [-0.4, -0.2) is 34.4 Å². The first-order chi connectivity index (χ1) is 13.3. The highest BCUT2D eigenvalue weighted by Crippen LogP contribution is 2.17. The van der Waals surface area contributed by atoms with Crippen LogP contribution in [-0.2, 0) is 9.59 Å². The van der Waals surface area contributed by atoms with Gasteiger partial charge in [0.25, 0.3) is 17.5 Å². The van der Waals surface area contributed by atoms with E-state index in [1.54, 1.807) is 12.1 Å². The fourth-order valence-electron chi connectivity index (χ4n) is 2.14. The largest absolute Gasteiger partial charge is 0.480 e. The molecule has 0 heterocycles. The standard InChI is InChI=1S/C18H14ClN3O6/c19-14-7-2-1-6-13(14)17(25)21-15(18(26)20-10-16(23)24)9-11-4-3-5-12(8-11)22(27)28/h1-9H,10H2,(H,20,26)(H,21,25)(H,23,24). The van der Waals surface area contributed by atoms with Gasteiger partial charge in [0, 0.05) is 12.1 Å². The number of hydrogen-bond acceptors (Lipinski definition) is 5. The van der Waals surface area contributed by atoms with E-state index in [4.69, 9.17) is 16.7 Å². The molecule has 0 aliphatic heterocycles. The fraction of sp³-hybridized carbons (Fsp3) is 0.0556. The minimum Gasteiger partial charge on any atom is -0.480 e. The molecule has 3 N–H and O–H groups in total. The van der Waals surface area contributed by atoms with Crippen LogP contribution in [0, 0.1) is 10.1 Å². The van der Waals surface area contributed by atoms with Crippen LogP contribution in [0.1, 0.15) is 15.9 Å². The molecule has 0 spiro atoms. The molecule has 2 rings (SSSR count). The van der Waals surface area contributed by atoms with E-state index in [9.17, 15) is 24.5 Å². The highest BCUT2D eigenvalue weighted by Gasteiger charge is 2.17. The number of non-ortho nitro benzene ring substituents is 1. The first kappa shape index (κ1) is 20.6. The monoisotopic (exact) mass is 403 g/mol. The minimum absolute atomic E-state index is 0.0974. The summed E-state index contributed by atoms with van der Waals surface area (Å²) in [6, 6.07) is 11.5. The quantitative estimate of drug-likeness (QED) is 0.368. The average Bonchev–Trinajstić information content (AvgIpc) is 2.66. The summed E-state index contributed by atoms with van der Waals surface area (Å²) in [4.78, 5) is 45.7. The normalized spacial score (nSPS) is 10.8. The molecule has 0 bridgehead atoms. The predicted octanol–water partition coefficient (Wildman–Crippen LogP) is 2.22. The number of amides is 2. The Kier molecular flexibility index (Phi) is 6.83. The molecular weight excluding hydrogens is 390 g/mol. The summed E-state index contributed by atoms with van der Waals surface area (Å²) < 4.78 is 0. The van der Waals surface area contributed by atoms with Gasteiger partial charge in [-0.2, -0.15) is 0 Å². The highest BCUT2D eigenvalue weighted by atomic mass is 35.5. The number of hydrogen-bond donors (Lipinski definition) is 3. The Morgan fingerprint density at radius 1 is 1.14 bits per heavy atom. The van der Waals surface area contributed by atoms with Gasteiger partial charge in [0.2, 0.25) is 0 Å². The first-order valence-electron chi connectivity index (χ1n) is 7.80. The maximum atomic E-state index is 12.4. The van der Waals surface area contributed by atoms with E-state index < -0.39 is 29.3 Å². The maximum absolute atomic E-state index is 12.4. The summed E-state index contributed by atoms with van der Waals surface area (Å²) >= 11 is 5.97. The number of carboxylic acids is 1. The lowest BCUT2D eigenvalue weighted by Gasteiger charge is -2.11. The lowest BCUT2D eigenvalue weighted by molar-refractivity contribution is -0.384. The lowest BCUT2D eigenvalue weighted by atomic mass is 10.1. The molecule has 28 heavy (non-hydrogen) atoms. The molecule has 0 aliphatic rings. The van der Waals surface area contributed by atoms with Gasteiger partial charge in [-0.15, -0.1) is 0 Å². The maximum Gasteiger partial charge on any atom is 0.322 e. The molecule has 0 saturated heterocycles. The van der Waals surface area contributed by atoms with Crippen molar-refractivity contribution < 1.29 is 24.4 Å². The van der Waals surface area contributed by atoms with Gasteiger partial charge in [0.05, 0.1) is 15.5 Å². The van der Waals surface area contributed by atoms with Crippen LogP contribution in [0.4, 0.5) is 5.69 Å². The molecule has 0 aromatic heterocycles. The Morgan fingerprint density at radius 3 is 2.50 bits per heavy atom. The van der Waals surface area contributed by atoms with Gasteiger partial charge in [-0.3, -0.25) is 24.5 Å². The van der Waals surface area contributed by atoms with Crippen LogP contribution in [0.25, 0.3) is 6.08 Å². The molecule has 0 radical (unpaired) electrons. The molecule has 2 aromatic rings. The highest BCUT2D eigenvalue weighted by molar-refractivity contribution is 6.34. The third kappa shape index (κ3) is 5.64. The summed E-state index contributed by atoms with van der Waals surface area (Å²) in [6.07, 6.45) is 1.19. The topological polar surface area (TPSA) is 139 Å². The molecular formula is C18H14ClN3O6. The van der Waals surface area contributed by atoms with Crippen LogP contribution in [0.2, 0.25) is 5.02 Å². The van der Waals surface area contributed by atoms with E-state index in [2.05, 4.69) is 10.6 Å². The van der Waals surface area contributed by atoms with Crippen molar-refractivity contribution in [2.45, 2.75) is 0 Å². The molecule has 2 amide bonds. The SMILES string of the molecule is O=C(O)CNC(=O)C(=Cc1cccc([N+](=O)[O-])c1)NC(=O)c1ccccc1Cl. The van der Waals surface area contributed by atoms with Gasteiger partial charge < -0.3 is 15.7 Å². The Bertz CT molecular complexity index is 973. The number of nitro groups is 1. The number of aliphatic carboxylic acids is 1. The number of nitro benzene ring substituents is 1. The smallest absolute Gasteiger partial charge is 0.322 e. The molecule has 0 aliphatic carbocycles. The zero-order chi connectivity index (χ0) is 20.7. The van der Waals surface area contributed by atoms with Gasteiger partial charge in [-0.1, -0.05) is 35.9 Å². The second-order valence-corrected chi connectivity index (χ2v) is 5.83. The summed E-state index contributed by atoms with van der Waals surface area (Å²) in [5.74, 6) is -2.86. The van der Waals surface area contributed by atoms with Crippen molar-refractivity contribution in [1.29, 1.82) is 0 Å². The zero-order valence-corrected chi connectivity index (χ0v) is 15.0. The predicted molar refractivity (Wildman–Crippen MR) is 101 cm³/mol. The summed E-state index contributed by atoms with van der Waals surface area (Å²) in [6.45, 7) is -0.674. The molecule has 9 nitrogen and oxygen atoms in total. The number of benzene rings is 2. The van der Waals surface area contributed by atoms with Crippen LogP contribution >= 0.6 is 11.6 Å². The van der Waals surface area contributed by atoms with Crippen molar-refractivity contribution in [3.05, 3.63) is 80.5 Å². The van der Waals surface area contributed by atoms with E-state index in [0.29, 0.717) is 0 Å². The van der Waals surface area contributed by atoms with Crippen molar-refractivity contribution in [2.75, 3.05) is 6.54 Å². The number of carboxylic acid groups (broad SMARTS) is 1. The number of nitrogens with zero attached hydrogens (tertiary/aromatic N) is 1. The fourth-order valence-corrected chi connectivity index (χ4v) is 2.36. The Hall–Kier alpha value is -3.72. The van der Waals surface area contributed by atoms with Crippen LogP contribution in [0.3, 0.4) is 0 Å². The number of halogens is 1. The van der Waals surface area contributed by atoms with E-state index in [-0.39, 0.29) is 27.5 Å². The summed E-state index contributed by atoms with van der Waals surface area (Å²) in [7, 11) is 0. The first-order valence-corrected chi connectivity index (χ1v) is 8.17. The molecule has 144 valence electrons. The van der Waals surface area contributed by atoms with Gasteiger partial charge in [0.15, 0.2) is 0 Å². The van der Waals surface area contributed by atoms with Crippen molar-refractivity contribution in [3.63, 3.8) is 0 Å². The average molecular weight is 404 g/mol. The Balaban J connectivity index is 2.36. The number of carbonyl (C=O) groups excluding carboxylic acids is 2. The van der Waals surface area contributed by atoms with Crippen LogP contribution in [0.5, 0.6) is 0 Å². The molecule has 0 saturated carbocycles. The van der Waals surface area contributed by atoms with Gasteiger partial charge >= 0.3 is 5.97 Å². The van der Waals surface area contributed by atoms with E-state index >= 15 is 0 Å². The number of nitrogens with one attached hydrogen (secondary N) is 2. The third-order valence-corrected chi connectivity index (χ3v) is 3.73. The van der Waals surface area contributed by atoms with Crippen LogP contribution < -0.4 is 10.6 Å². The molecule has 0 fully saturated rings. The number of rotatable bonds is 7. The lowest BCUT2D eigenvalue weighted by Crippen LogP contribution is -2.37.